The van der Waals surface area contributed by atoms with Crippen molar-refractivity contribution >= 4 is 40.4 Å². The molecule has 9 heteroatoms. The zero-order chi connectivity index (χ0) is 22.4. The van der Waals surface area contributed by atoms with Crippen molar-refractivity contribution < 1.29 is 33.4 Å². The smallest absolute Gasteiger partial charge is 0.357 e. The van der Waals surface area contributed by atoms with Gasteiger partial charge in [0.1, 0.15) is 5.69 Å². The van der Waals surface area contributed by atoms with Crippen LogP contribution in [0.4, 0.5) is 5.69 Å². The normalized spacial score (nSPS) is 10.3. The van der Waals surface area contributed by atoms with E-state index in [0.29, 0.717) is 5.52 Å². The van der Waals surface area contributed by atoms with Gasteiger partial charge in [-0.1, -0.05) is 24.3 Å². The monoisotopic (exact) mass is 422 g/mol. The zero-order valence-electron chi connectivity index (χ0n) is 16.7. The number of benzene rings is 2. The van der Waals surface area contributed by atoms with Crippen molar-refractivity contribution in [2.75, 3.05) is 26.1 Å². The third-order valence-electron chi connectivity index (χ3n) is 4.26. The predicted molar refractivity (Wildman–Crippen MR) is 110 cm³/mol. The number of esters is 3. The molecule has 3 aromatic rings. The van der Waals surface area contributed by atoms with Gasteiger partial charge in [-0.3, -0.25) is 4.79 Å². The van der Waals surface area contributed by atoms with Crippen LogP contribution in [0.25, 0.3) is 10.9 Å². The molecule has 0 aliphatic carbocycles. The lowest BCUT2D eigenvalue weighted by Gasteiger charge is -2.11. The van der Waals surface area contributed by atoms with E-state index in [2.05, 4.69) is 19.8 Å². The fourth-order valence-corrected chi connectivity index (χ4v) is 2.75. The molecule has 0 spiro atoms. The lowest BCUT2D eigenvalue weighted by Crippen LogP contribution is -2.23. The number of nitrogens with one attached hydrogen (secondary N) is 1. The van der Waals surface area contributed by atoms with Gasteiger partial charge in [0.2, 0.25) is 0 Å². The van der Waals surface area contributed by atoms with Crippen molar-refractivity contribution in [3.63, 3.8) is 0 Å². The van der Waals surface area contributed by atoms with Gasteiger partial charge in [-0.25, -0.2) is 19.4 Å². The van der Waals surface area contributed by atoms with Gasteiger partial charge in [0.05, 0.1) is 36.6 Å². The SMILES string of the molecule is COC(=O)c1ccc(C(=O)OC)c(NC(=O)COC(=O)c2ccc3ccccc3n2)c1. The van der Waals surface area contributed by atoms with Crippen LogP contribution in [-0.4, -0.2) is 49.6 Å². The Morgan fingerprint density at radius 1 is 0.871 bits per heavy atom. The van der Waals surface area contributed by atoms with E-state index < -0.39 is 30.4 Å². The number of amides is 1. The minimum Gasteiger partial charge on any atom is -0.465 e. The second kappa shape index (κ2) is 9.49. The fourth-order valence-electron chi connectivity index (χ4n) is 2.75. The Morgan fingerprint density at radius 2 is 1.61 bits per heavy atom. The molecule has 0 saturated carbocycles. The van der Waals surface area contributed by atoms with Gasteiger partial charge in [-0.2, -0.15) is 0 Å². The average molecular weight is 422 g/mol. The second-order valence-corrected chi connectivity index (χ2v) is 6.26. The first kappa shape index (κ1) is 21.4. The van der Waals surface area contributed by atoms with E-state index in [1.54, 1.807) is 18.2 Å². The van der Waals surface area contributed by atoms with E-state index in [1.165, 1.54) is 38.5 Å². The number of aromatic nitrogens is 1. The minimum atomic E-state index is -0.780. The third-order valence-corrected chi connectivity index (χ3v) is 4.26. The van der Waals surface area contributed by atoms with E-state index >= 15 is 0 Å². The Balaban J connectivity index is 1.71. The maximum Gasteiger partial charge on any atom is 0.357 e. The van der Waals surface area contributed by atoms with Crippen LogP contribution in [0, 0.1) is 0 Å². The van der Waals surface area contributed by atoms with Crippen LogP contribution in [0.1, 0.15) is 31.2 Å². The van der Waals surface area contributed by atoms with Crippen molar-refractivity contribution in [2.24, 2.45) is 0 Å². The zero-order valence-corrected chi connectivity index (χ0v) is 16.7. The number of carbonyl (C=O) groups is 4. The molecule has 9 nitrogen and oxygen atoms in total. The Hall–Kier alpha value is -4.27. The van der Waals surface area contributed by atoms with Crippen molar-refractivity contribution in [2.45, 2.75) is 0 Å². The Labute approximate surface area is 176 Å². The summed E-state index contributed by atoms with van der Waals surface area (Å²) in [6.07, 6.45) is 0. The maximum atomic E-state index is 12.3. The number of anilines is 1. The molecule has 1 heterocycles. The Morgan fingerprint density at radius 3 is 2.35 bits per heavy atom. The van der Waals surface area contributed by atoms with Gasteiger partial charge in [-0.05, 0) is 30.3 Å². The Bertz CT molecular complexity index is 1170. The molecule has 0 fully saturated rings. The minimum absolute atomic E-state index is 0.0135. The lowest BCUT2D eigenvalue weighted by atomic mass is 10.1. The molecular formula is C22H18N2O7. The van der Waals surface area contributed by atoms with Crippen molar-refractivity contribution in [3.05, 3.63) is 71.4 Å². The quantitative estimate of drug-likeness (QED) is 0.475. The van der Waals surface area contributed by atoms with E-state index in [9.17, 15) is 19.2 Å². The fraction of sp³-hybridized carbons (Fsp3) is 0.136. The molecular weight excluding hydrogens is 404 g/mol. The number of hydrogen-bond acceptors (Lipinski definition) is 8. The molecule has 1 aromatic heterocycles. The molecule has 0 unspecified atom stereocenters. The highest BCUT2D eigenvalue weighted by atomic mass is 16.5. The molecule has 158 valence electrons. The van der Waals surface area contributed by atoms with Gasteiger partial charge >= 0.3 is 17.9 Å². The van der Waals surface area contributed by atoms with Gasteiger partial charge < -0.3 is 19.5 Å². The maximum absolute atomic E-state index is 12.3. The summed E-state index contributed by atoms with van der Waals surface area (Å²) in [5, 5.41) is 3.30. The van der Waals surface area contributed by atoms with Gasteiger partial charge in [-0.15, -0.1) is 0 Å². The van der Waals surface area contributed by atoms with Crippen molar-refractivity contribution in [3.8, 4) is 0 Å². The summed E-state index contributed by atoms with van der Waals surface area (Å²) in [6, 6.07) is 14.4. The van der Waals surface area contributed by atoms with Crippen LogP contribution < -0.4 is 5.32 Å². The number of rotatable bonds is 6. The van der Waals surface area contributed by atoms with E-state index in [-0.39, 0.29) is 22.5 Å². The average Bonchev–Trinajstić information content (AvgIpc) is 2.81. The topological polar surface area (TPSA) is 121 Å². The molecule has 2 aromatic carbocycles. The molecule has 3 rings (SSSR count). The number of hydrogen-bond donors (Lipinski definition) is 1. The number of ether oxygens (including phenoxy) is 3. The van der Waals surface area contributed by atoms with Crippen LogP contribution in [0.2, 0.25) is 0 Å². The summed E-state index contributed by atoms with van der Waals surface area (Å²) in [5.74, 6) is -2.87. The van der Waals surface area contributed by atoms with E-state index in [0.717, 1.165) is 5.39 Å². The molecule has 0 radical (unpaired) electrons. The van der Waals surface area contributed by atoms with E-state index in [4.69, 9.17) is 4.74 Å². The standard InChI is InChI=1S/C22H18N2O7/c1-29-20(26)14-7-9-15(21(27)30-2)18(11-14)24-19(25)12-31-22(28)17-10-8-13-5-3-4-6-16(13)23-17/h3-11H,12H2,1-2H3,(H,24,25). The van der Waals surface area contributed by atoms with Crippen LogP contribution in [0.3, 0.4) is 0 Å². The summed E-state index contributed by atoms with van der Waals surface area (Å²) >= 11 is 0. The number of pyridine rings is 1. The molecule has 1 N–H and O–H groups in total. The molecule has 31 heavy (non-hydrogen) atoms. The number of nitrogens with zero attached hydrogens (tertiary/aromatic N) is 1. The summed E-state index contributed by atoms with van der Waals surface area (Å²) < 4.78 is 14.3. The summed E-state index contributed by atoms with van der Waals surface area (Å²) in [4.78, 5) is 52.4. The van der Waals surface area contributed by atoms with Gasteiger partial charge in [0, 0.05) is 5.39 Å². The predicted octanol–water partition coefficient (Wildman–Crippen LogP) is 2.60. The Kier molecular flexibility index (Phi) is 6.56. The second-order valence-electron chi connectivity index (χ2n) is 6.26. The van der Waals surface area contributed by atoms with Crippen LogP contribution in [-0.2, 0) is 19.0 Å². The van der Waals surface area contributed by atoms with Crippen molar-refractivity contribution in [1.29, 1.82) is 0 Å². The van der Waals surface area contributed by atoms with Crippen LogP contribution >= 0.6 is 0 Å². The highest BCUT2D eigenvalue weighted by Gasteiger charge is 2.18. The summed E-state index contributed by atoms with van der Waals surface area (Å²) in [6.45, 7) is -0.629. The highest BCUT2D eigenvalue weighted by Crippen LogP contribution is 2.20. The first-order valence-electron chi connectivity index (χ1n) is 9.06. The molecule has 0 aliphatic heterocycles. The largest absolute Gasteiger partial charge is 0.465 e. The lowest BCUT2D eigenvalue weighted by molar-refractivity contribution is -0.119. The molecule has 0 aliphatic rings. The number of carbonyl (C=O) groups excluding carboxylic acids is 4. The molecule has 0 saturated heterocycles. The number of para-hydroxylation sites is 1. The highest BCUT2D eigenvalue weighted by molar-refractivity contribution is 6.04. The summed E-state index contributed by atoms with van der Waals surface area (Å²) in [7, 11) is 2.38. The summed E-state index contributed by atoms with van der Waals surface area (Å²) in [5.41, 5.74) is 0.812. The first-order chi connectivity index (χ1) is 14.9. The number of methoxy groups -OCH3 is 2. The van der Waals surface area contributed by atoms with E-state index in [1.807, 2.05) is 12.1 Å². The van der Waals surface area contributed by atoms with Gasteiger partial charge in [0.25, 0.3) is 5.91 Å². The molecule has 0 bridgehead atoms. The van der Waals surface area contributed by atoms with Gasteiger partial charge in [0.15, 0.2) is 6.61 Å². The van der Waals surface area contributed by atoms with Crippen molar-refractivity contribution in [1.82, 2.24) is 4.98 Å². The van der Waals surface area contributed by atoms with Crippen LogP contribution in [0.15, 0.2) is 54.6 Å². The number of fused-ring (bicyclic) bond motifs is 1. The first-order valence-corrected chi connectivity index (χ1v) is 9.06. The third kappa shape index (κ3) is 5.02. The molecule has 1 amide bonds. The van der Waals surface area contributed by atoms with Crippen LogP contribution in [0.5, 0.6) is 0 Å². The molecule has 0 atom stereocenters.